The lowest BCUT2D eigenvalue weighted by atomic mass is 9.94. The molecular formula is C64H105N5O31. The lowest BCUT2D eigenvalue weighted by Gasteiger charge is -2.49. The van der Waals surface area contributed by atoms with E-state index >= 15 is 0 Å². The second-order valence-electron chi connectivity index (χ2n) is 25.3. The number of carbonyl (C=O) groups excluding carboxylic acids is 5. The molecule has 36 heteroatoms. The molecule has 0 bridgehead atoms. The van der Waals surface area contributed by atoms with Crippen LogP contribution >= 0.6 is 0 Å². The molecule has 0 saturated carbocycles. The van der Waals surface area contributed by atoms with Gasteiger partial charge in [-0.3, -0.25) is 24.0 Å². The van der Waals surface area contributed by atoms with Gasteiger partial charge in [0.15, 0.2) is 37.7 Å². The number of allylic oxidation sites excluding steroid dienone is 2. The van der Waals surface area contributed by atoms with Crippen molar-refractivity contribution in [3.05, 3.63) is 42.0 Å². The van der Waals surface area contributed by atoms with Crippen LogP contribution in [0.1, 0.15) is 104 Å². The van der Waals surface area contributed by atoms with Crippen molar-refractivity contribution in [3.8, 4) is 5.75 Å². The van der Waals surface area contributed by atoms with Crippen LogP contribution in [-0.2, 0) is 76.0 Å². The van der Waals surface area contributed by atoms with Crippen LogP contribution in [0.2, 0.25) is 0 Å². The van der Waals surface area contributed by atoms with Crippen molar-refractivity contribution in [1.29, 1.82) is 0 Å². The Morgan fingerprint density at radius 3 is 1.71 bits per heavy atom. The van der Waals surface area contributed by atoms with Gasteiger partial charge in [0.2, 0.25) is 23.6 Å². The maximum atomic E-state index is 13.9. The minimum absolute atomic E-state index is 0.0579. The largest absolute Gasteiger partial charge is 0.494 e. The van der Waals surface area contributed by atoms with Crippen LogP contribution in [0.15, 0.2) is 36.4 Å². The molecule has 0 aliphatic carbocycles. The van der Waals surface area contributed by atoms with Gasteiger partial charge in [0.05, 0.1) is 58.5 Å². The summed E-state index contributed by atoms with van der Waals surface area (Å²) in [7, 11) is 1.21. The van der Waals surface area contributed by atoms with E-state index in [1.807, 2.05) is 0 Å². The van der Waals surface area contributed by atoms with Gasteiger partial charge in [-0.15, -0.1) is 0 Å². The summed E-state index contributed by atoms with van der Waals surface area (Å²) >= 11 is 0. The topological polar surface area (TPSA) is 528 Å². The number of unbranched alkanes of at least 4 members (excludes halogenated alkanes) is 5. The van der Waals surface area contributed by atoms with Crippen molar-refractivity contribution >= 4 is 29.5 Å². The Morgan fingerprint density at radius 1 is 0.560 bits per heavy atom. The first-order chi connectivity index (χ1) is 47.6. The molecule has 5 fully saturated rings. The number of amides is 5. The van der Waals surface area contributed by atoms with E-state index in [0.29, 0.717) is 18.8 Å². The SMILES string of the molecule is CCCCCC/C=C\CCCOc1cccc(C(=O)N[C@@H]2C(O[C@H]3C(O)C(NC(C)=O)[C@H](O[C@@H](C)C(CO)O[C@@H](O[C@H]4C(O)C(NC(C)=O)C(OC5C(CO[C@@H]6OC(C)C(O)[C@H](O)[C@H]6OC)OC(O)[C@@H](NC(C)=O)[C@H]5O)O[C@H]4CO)[C@H](CO)NC(C)=O)O[C@H]3CO)OC(CO)[C@@H](O)C2O)c1. The van der Waals surface area contributed by atoms with Gasteiger partial charge in [0, 0.05) is 40.4 Å². The molecule has 5 aliphatic heterocycles. The first-order valence-electron chi connectivity index (χ1n) is 33.6. The third-order valence-electron chi connectivity index (χ3n) is 17.6. The molecule has 6 rings (SSSR count). The average molecular weight is 1440 g/mol. The number of hydrogen-bond donors (Lipinski definition) is 18. The zero-order valence-corrected chi connectivity index (χ0v) is 57.3. The molecule has 29 atom stereocenters. The molecule has 1 aromatic rings. The molecule has 5 aliphatic rings. The molecule has 0 radical (unpaired) electrons. The van der Waals surface area contributed by atoms with Gasteiger partial charge in [-0.05, 0) is 57.7 Å². The Bertz CT molecular complexity index is 2700. The van der Waals surface area contributed by atoms with Crippen LogP contribution < -0.4 is 31.3 Å². The van der Waals surface area contributed by atoms with Crippen LogP contribution in [-0.4, -0.2) is 327 Å². The van der Waals surface area contributed by atoms with Crippen LogP contribution in [0.3, 0.4) is 0 Å². The molecule has 36 nitrogen and oxygen atoms in total. The van der Waals surface area contributed by atoms with E-state index in [9.17, 15) is 90.4 Å². The standard InChI is InChI=1S/C64H105N5O31/c1-9-10-11-12-13-14-15-16-17-21-89-36-20-18-19-35(22-36)58(86)69-44-49(81)48(80)39(25-72)95-62(44)99-55-41(27-74)96-61(45(51(55)83)67-33(6)77)91-29(2)38(24-71)94-60(37(23-70)65-31(4)75)98-54-40(26-73)97-63(46(52(54)84)68-34(7)78)100-56-42(93-59(87)43(50(56)82)66-32(5)76)28-90-64-57(88-8)53(85)47(79)30(3)92-64/h14-15,18-20,22,29-30,37-57,59-64,70-74,79-85,87H,9-13,16-17,21,23-28H2,1-8H3,(H,65,75)(H,66,76)(H,67,77)(H,68,78)(H,69,86)/b15-14-/t29-,30?,37-,38?,39?,40-,41-,42?,43-,44-,45?,46?,47?,48+,49?,50+,51?,52?,53-,54+,55+,56?,57+,59?,60-,61+,62?,63?,64+/m0/s1. The fourth-order valence-corrected chi connectivity index (χ4v) is 12.2. The minimum Gasteiger partial charge on any atom is -0.494 e. The van der Waals surface area contributed by atoms with Gasteiger partial charge in [0.25, 0.3) is 5.91 Å². The van der Waals surface area contributed by atoms with Crippen LogP contribution in [0.25, 0.3) is 0 Å². The third-order valence-corrected chi connectivity index (χ3v) is 17.6. The van der Waals surface area contributed by atoms with E-state index in [2.05, 4.69) is 45.7 Å². The highest BCUT2D eigenvalue weighted by atomic mass is 16.8. The Balaban J connectivity index is 1.20. The number of rotatable bonds is 37. The summed E-state index contributed by atoms with van der Waals surface area (Å²) in [5.41, 5.74) is 0.0579. The summed E-state index contributed by atoms with van der Waals surface area (Å²) in [5, 5.41) is 157. The highest BCUT2D eigenvalue weighted by Crippen LogP contribution is 2.35. The number of benzene rings is 1. The van der Waals surface area contributed by atoms with Crippen molar-refractivity contribution in [2.75, 3.05) is 53.4 Å². The number of carbonyl (C=O) groups is 5. The third kappa shape index (κ3) is 22.8. The van der Waals surface area contributed by atoms with Crippen LogP contribution in [0, 0.1) is 0 Å². The molecule has 572 valence electrons. The summed E-state index contributed by atoms with van der Waals surface area (Å²) in [6.07, 6.45) is -29.2. The van der Waals surface area contributed by atoms with Gasteiger partial charge in [-0.25, -0.2) is 0 Å². The lowest BCUT2D eigenvalue weighted by Crippen LogP contribution is -2.70. The van der Waals surface area contributed by atoms with Gasteiger partial charge >= 0.3 is 0 Å². The molecule has 5 amide bonds. The molecule has 0 spiro atoms. The molecule has 5 saturated heterocycles. The summed E-state index contributed by atoms with van der Waals surface area (Å²) in [5.74, 6) is -3.55. The Hall–Kier alpha value is -4.89. The summed E-state index contributed by atoms with van der Waals surface area (Å²) in [6.45, 7) is 3.98. The monoisotopic (exact) mass is 1440 g/mol. The highest BCUT2D eigenvalue weighted by molar-refractivity contribution is 5.94. The molecule has 1 aromatic carbocycles. The number of ether oxygens (including phenoxy) is 13. The summed E-state index contributed by atoms with van der Waals surface area (Å²) in [4.78, 5) is 64.8. The normalized spacial score (nSPS) is 36.0. The van der Waals surface area contributed by atoms with E-state index in [4.69, 9.17) is 61.6 Å². The maximum absolute atomic E-state index is 13.9. The average Bonchev–Trinajstić information content (AvgIpc) is 0.778. The van der Waals surface area contributed by atoms with E-state index < -0.39 is 247 Å². The van der Waals surface area contributed by atoms with Crippen LogP contribution in [0.4, 0.5) is 0 Å². The van der Waals surface area contributed by atoms with Crippen LogP contribution in [0.5, 0.6) is 5.75 Å². The minimum atomic E-state index is -2.06. The molecule has 14 unspecified atom stereocenters. The number of nitrogens with one attached hydrogen (secondary N) is 5. The van der Waals surface area contributed by atoms with Gasteiger partial charge in [0.1, 0.15) is 134 Å². The summed E-state index contributed by atoms with van der Waals surface area (Å²) < 4.78 is 78.1. The lowest BCUT2D eigenvalue weighted by molar-refractivity contribution is -0.354. The van der Waals surface area contributed by atoms with Crippen molar-refractivity contribution in [2.45, 2.75) is 271 Å². The van der Waals surface area contributed by atoms with Crippen molar-refractivity contribution in [2.24, 2.45) is 0 Å². The van der Waals surface area contributed by atoms with E-state index in [-0.39, 0.29) is 5.56 Å². The van der Waals surface area contributed by atoms with Gasteiger partial charge < -0.3 is 155 Å². The Kier molecular flexibility index (Phi) is 34.4. The molecule has 5 heterocycles. The second kappa shape index (κ2) is 41.0. The predicted octanol–water partition coefficient (Wildman–Crippen LogP) is -6.08. The number of methoxy groups -OCH3 is 1. The quantitative estimate of drug-likeness (QED) is 0.0167. The van der Waals surface area contributed by atoms with E-state index in [0.717, 1.165) is 53.4 Å². The molecular weight excluding hydrogens is 1330 g/mol. The second-order valence-corrected chi connectivity index (χ2v) is 25.3. The van der Waals surface area contributed by atoms with Crippen molar-refractivity contribution < 1.29 is 152 Å². The summed E-state index contributed by atoms with van der Waals surface area (Å²) in [6, 6.07) is -2.16. The molecule has 0 aromatic heterocycles. The highest BCUT2D eigenvalue weighted by Gasteiger charge is 2.56. The van der Waals surface area contributed by atoms with Gasteiger partial charge in [-0.2, -0.15) is 0 Å². The number of hydrogen-bond acceptors (Lipinski definition) is 31. The smallest absolute Gasteiger partial charge is 0.251 e. The van der Waals surface area contributed by atoms with E-state index in [1.54, 1.807) is 12.1 Å². The van der Waals surface area contributed by atoms with Gasteiger partial charge in [-0.1, -0.05) is 44.4 Å². The zero-order chi connectivity index (χ0) is 73.7. The Labute approximate surface area is 578 Å². The van der Waals surface area contributed by atoms with Crippen molar-refractivity contribution in [3.63, 3.8) is 0 Å². The fourth-order valence-electron chi connectivity index (χ4n) is 12.2. The predicted molar refractivity (Wildman–Crippen MR) is 340 cm³/mol. The molecule has 18 N–H and O–H groups in total. The molecule has 100 heavy (non-hydrogen) atoms. The number of aliphatic hydroxyl groups excluding tert-OH is 13. The first kappa shape index (κ1) is 84.1. The van der Waals surface area contributed by atoms with E-state index in [1.165, 1.54) is 45.9 Å². The maximum Gasteiger partial charge on any atom is 0.251 e. The Morgan fingerprint density at radius 2 is 1.12 bits per heavy atom. The zero-order valence-electron chi connectivity index (χ0n) is 57.3. The van der Waals surface area contributed by atoms with Crippen molar-refractivity contribution in [1.82, 2.24) is 26.6 Å². The number of aliphatic hydroxyl groups is 13. The first-order valence-corrected chi connectivity index (χ1v) is 33.6. The fraction of sp³-hybridized carbons (Fsp3) is 0.797.